The van der Waals surface area contributed by atoms with Gasteiger partial charge in [0, 0.05) is 0 Å². The maximum absolute atomic E-state index is 12.3. The summed E-state index contributed by atoms with van der Waals surface area (Å²) in [6.45, 7) is 0.0387. The fourth-order valence-corrected chi connectivity index (χ4v) is 0.553. The monoisotopic (exact) mass is 264 g/mol. The molecule has 0 radical (unpaired) electrons. The summed E-state index contributed by atoms with van der Waals surface area (Å²) in [5.74, 6) is 0. The number of ether oxygens (including phenoxy) is 1. The molecule has 98 valence electrons. The van der Waals surface area contributed by atoms with Crippen LogP contribution in [0.3, 0.4) is 0 Å². The van der Waals surface area contributed by atoms with Crippen molar-refractivity contribution in [3.05, 3.63) is 0 Å². The van der Waals surface area contributed by atoms with Gasteiger partial charge in [-0.1, -0.05) is 0 Å². The van der Waals surface area contributed by atoms with Gasteiger partial charge in [0.1, 0.15) is 0 Å². The first-order chi connectivity index (χ1) is 6.78. The Balaban J connectivity index is 4.70. The number of hydrogen-bond donors (Lipinski definition) is 0. The highest BCUT2D eigenvalue weighted by atomic mass is 19.4. The normalized spacial score (nSPS) is 18.4. The summed E-state index contributed by atoms with van der Waals surface area (Å²) in [5, 5.41) is 0. The molecule has 0 saturated carbocycles. The van der Waals surface area contributed by atoms with Gasteiger partial charge in [-0.3, -0.25) is 0 Å². The Kier molecular flexibility index (Phi) is 4.12. The van der Waals surface area contributed by atoms with Gasteiger partial charge >= 0.3 is 18.5 Å². The van der Waals surface area contributed by atoms with E-state index in [1.165, 1.54) is 0 Å². The largest absolute Gasteiger partial charge is 0.428 e. The lowest BCUT2D eigenvalue weighted by Gasteiger charge is -2.26. The van der Waals surface area contributed by atoms with E-state index < -0.39 is 30.7 Å². The first kappa shape index (κ1) is 15.3. The molecule has 0 bridgehead atoms. The van der Waals surface area contributed by atoms with Crippen molar-refractivity contribution in [3.8, 4) is 0 Å². The van der Waals surface area contributed by atoms with Gasteiger partial charge in [0.05, 0.1) is 0 Å². The zero-order chi connectivity index (χ0) is 13.4. The summed E-state index contributed by atoms with van der Waals surface area (Å²) in [5.41, 5.74) is 0. The Morgan fingerprint density at radius 1 is 0.812 bits per heavy atom. The van der Waals surface area contributed by atoms with Gasteiger partial charge in [0.15, 0.2) is 6.10 Å². The van der Waals surface area contributed by atoms with Crippen LogP contribution in [0.2, 0.25) is 0 Å². The van der Waals surface area contributed by atoms with Crippen LogP contribution in [0.1, 0.15) is 6.92 Å². The first-order valence-electron chi connectivity index (χ1n) is 3.61. The van der Waals surface area contributed by atoms with E-state index in [2.05, 4.69) is 4.74 Å². The molecule has 0 aromatic heterocycles. The SMILES string of the molecule is CC(OC(F)(F)C(F)C(F)(F)F)C(F)(F)F. The molecular formula is C6H5F9O. The predicted octanol–water partition coefficient (Wildman–Crippen LogP) is 3.45. The maximum Gasteiger partial charge on any atom is 0.428 e. The third kappa shape index (κ3) is 4.06. The minimum atomic E-state index is -6.01. The Labute approximate surface area is 83.2 Å². The van der Waals surface area contributed by atoms with E-state index in [0.717, 1.165) is 0 Å². The van der Waals surface area contributed by atoms with Crippen molar-refractivity contribution >= 4 is 0 Å². The molecule has 2 unspecified atom stereocenters. The summed E-state index contributed by atoms with van der Waals surface area (Å²) in [6, 6.07) is 0. The van der Waals surface area contributed by atoms with Gasteiger partial charge in [0.25, 0.3) is 6.17 Å². The standard InChI is InChI=1S/C6H5F9O/c1-2(4(8,9)10)16-6(14,15)3(7)5(11,12)13/h2-3H,1H3. The van der Waals surface area contributed by atoms with Gasteiger partial charge in [-0.25, -0.2) is 4.39 Å². The van der Waals surface area contributed by atoms with Crippen LogP contribution in [-0.4, -0.2) is 30.7 Å². The Hall–Kier alpha value is -0.670. The Morgan fingerprint density at radius 3 is 1.44 bits per heavy atom. The molecule has 0 saturated heterocycles. The van der Waals surface area contributed by atoms with E-state index in [1.54, 1.807) is 0 Å². The van der Waals surface area contributed by atoms with Crippen molar-refractivity contribution in [2.24, 2.45) is 0 Å². The third-order valence-corrected chi connectivity index (χ3v) is 1.38. The van der Waals surface area contributed by atoms with E-state index in [4.69, 9.17) is 0 Å². The molecule has 2 atom stereocenters. The first-order valence-corrected chi connectivity index (χ1v) is 3.61. The van der Waals surface area contributed by atoms with Crippen LogP contribution in [-0.2, 0) is 4.74 Å². The molecule has 0 aliphatic carbocycles. The van der Waals surface area contributed by atoms with Gasteiger partial charge in [-0.05, 0) is 6.92 Å². The molecule has 1 nitrogen and oxygen atoms in total. The second-order valence-corrected chi connectivity index (χ2v) is 2.77. The summed E-state index contributed by atoms with van der Waals surface area (Å²) in [6.07, 6.45) is -24.9. The molecule has 0 spiro atoms. The lowest BCUT2D eigenvalue weighted by atomic mass is 10.3. The van der Waals surface area contributed by atoms with E-state index in [1.807, 2.05) is 0 Å². The average Bonchev–Trinajstić information content (AvgIpc) is 1.98. The molecular weight excluding hydrogens is 259 g/mol. The van der Waals surface area contributed by atoms with Crippen LogP contribution in [0.25, 0.3) is 0 Å². The minimum absolute atomic E-state index is 0.0387. The van der Waals surface area contributed by atoms with Crippen molar-refractivity contribution in [1.29, 1.82) is 0 Å². The lowest BCUT2D eigenvalue weighted by molar-refractivity contribution is -0.373. The smallest absolute Gasteiger partial charge is 0.305 e. The van der Waals surface area contributed by atoms with Crippen molar-refractivity contribution in [2.45, 2.75) is 37.7 Å². The molecule has 0 fully saturated rings. The fraction of sp³-hybridized carbons (Fsp3) is 1.00. The van der Waals surface area contributed by atoms with Crippen molar-refractivity contribution in [2.75, 3.05) is 0 Å². The van der Waals surface area contributed by atoms with E-state index in [-0.39, 0.29) is 6.92 Å². The topological polar surface area (TPSA) is 9.23 Å². The molecule has 0 amide bonds. The number of hydrogen-bond acceptors (Lipinski definition) is 1. The zero-order valence-corrected chi connectivity index (χ0v) is 7.46. The predicted molar refractivity (Wildman–Crippen MR) is 32.5 cm³/mol. The lowest BCUT2D eigenvalue weighted by Crippen LogP contribution is -2.47. The van der Waals surface area contributed by atoms with Crippen LogP contribution in [0.5, 0.6) is 0 Å². The average molecular weight is 264 g/mol. The molecule has 0 aliphatic rings. The highest BCUT2D eigenvalue weighted by molar-refractivity contribution is 4.77. The maximum atomic E-state index is 12.3. The molecule has 0 rings (SSSR count). The summed E-state index contributed by atoms with van der Waals surface area (Å²) in [7, 11) is 0. The van der Waals surface area contributed by atoms with Crippen LogP contribution >= 0.6 is 0 Å². The molecule has 0 aromatic carbocycles. The summed E-state index contributed by atoms with van der Waals surface area (Å²) in [4.78, 5) is 0. The van der Waals surface area contributed by atoms with Crippen LogP contribution in [0.15, 0.2) is 0 Å². The Morgan fingerprint density at radius 2 is 1.19 bits per heavy atom. The minimum Gasteiger partial charge on any atom is -0.305 e. The number of halogens is 9. The van der Waals surface area contributed by atoms with Gasteiger partial charge in [0.2, 0.25) is 0 Å². The summed E-state index contributed by atoms with van der Waals surface area (Å²) >= 11 is 0. The number of alkyl halides is 9. The molecule has 0 heterocycles. The van der Waals surface area contributed by atoms with Crippen molar-refractivity contribution in [3.63, 3.8) is 0 Å². The highest BCUT2D eigenvalue weighted by Crippen LogP contribution is 2.38. The van der Waals surface area contributed by atoms with E-state index in [9.17, 15) is 39.5 Å². The van der Waals surface area contributed by atoms with Crippen molar-refractivity contribution < 1.29 is 44.3 Å². The summed E-state index contributed by atoms with van der Waals surface area (Å²) < 4.78 is 109. The van der Waals surface area contributed by atoms with Crippen molar-refractivity contribution in [1.82, 2.24) is 0 Å². The third-order valence-electron chi connectivity index (χ3n) is 1.38. The molecule has 0 aromatic rings. The second kappa shape index (κ2) is 4.30. The number of rotatable bonds is 3. The fourth-order valence-electron chi connectivity index (χ4n) is 0.553. The molecule has 0 aliphatic heterocycles. The van der Waals surface area contributed by atoms with Gasteiger partial charge in [-0.15, -0.1) is 0 Å². The Bertz CT molecular complexity index is 229. The van der Waals surface area contributed by atoms with Gasteiger partial charge in [-0.2, -0.15) is 35.1 Å². The zero-order valence-electron chi connectivity index (χ0n) is 7.46. The molecule has 16 heavy (non-hydrogen) atoms. The van der Waals surface area contributed by atoms with Gasteiger partial charge < -0.3 is 4.74 Å². The van der Waals surface area contributed by atoms with Crippen LogP contribution < -0.4 is 0 Å². The van der Waals surface area contributed by atoms with E-state index in [0.29, 0.717) is 0 Å². The van der Waals surface area contributed by atoms with Crippen LogP contribution in [0, 0.1) is 0 Å². The molecule has 0 N–H and O–H groups in total. The molecule has 10 heteroatoms. The second-order valence-electron chi connectivity index (χ2n) is 2.77. The van der Waals surface area contributed by atoms with Crippen LogP contribution in [0.4, 0.5) is 39.5 Å². The highest BCUT2D eigenvalue weighted by Gasteiger charge is 2.60. The quantitative estimate of drug-likeness (QED) is 0.709. The van der Waals surface area contributed by atoms with E-state index >= 15 is 0 Å².